The molecular formula is CHBrF2O. The molecule has 1 nitrogen and oxygen atoms in total. The van der Waals surface area contributed by atoms with Gasteiger partial charge in [-0.3, -0.25) is 0 Å². The number of halogens is 3. The molecule has 0 heterocycles. The van der Waals surface area contributed by atoms with Gasteiger partial charge in [-0.25, -0.2) is 0 Å². The predicted molar refractivity (Wildman–Crippen MR) is 16.1 cm³/mol. The highest BCUT2D eigenvalue weighted by atomic mass is 79.9. The van der Waals surface area contributed by atoms with Gasteiger partial charge in [0, 0.05) is 15.9 Å². The van der Waals surface area contributed by atoms with E-state index in [0.717, 1.165) is 0 Å². The van der Waals surface area contributed by atoms with E-state index >= 15 is 0 Å². The second-order valence-corrected chi connectivity index (χ2v) is 1.42. The predicted octanol–water partition coefficient (Wildman–Crippen LogP) is 0.924. The topological polar surface area (TPSA) is 20.2 Å². The van der Waals surface area contributed by atoms with Crippen LogP contribution in [0.15, 0.2) is 0 Å². The van der Waals surface area contributed by atoms with Crippen molar-refractivity contribution in [1.29, 1.82) is 0 Å². The molecule has 0 aromatic rings. The molecule has 0 atom stereocenters. The quantitative estimate of drug-likeness (QED) is 0.505. The summed E-state index contributed by atoms with van der Waals surface area (Å²) < 4.78 is 21.0. The van der Waals surface area contributed by atoms with Crippen molar-refractivity contribution < 1.29 is 13.9 Å². The molecule has 0 aromatic heterocycles. The number of aliphatic hydroxyl groups is 1. The average Bonchev–Trinajstić information content (AvgIpc) is 0.722. The van der Waals surface area contributed by atoms with Crippen molar-refractivity contribution in [3.63, 3.8) is 0 Å². The molecule has 0 aromatic carbocycles. The zero-order valence-electron chi connectivity index (χ0n) is 2.08. The standard InChI is InChI=1S/CHBrF2O/c2-1(3,4)5/h5H. The van der Waals surface area contributed by atoms with Gasteiger partial charge < -0.3 is 5.11 Å². The maximum absolute atomic E-state index is 10.5. The molecule has 0 bridgehead atoms. The first-order valence-corrected chi connectivity index (χ1v) is 1.58. The van der Waals surface area contributed by atoms with Gasteiger partial charge in [0.1, 0.15) is 0 Å². The zero-order chi connectivity index (χ0) is 4.50. The first-order chi connectivity index (χ1) is 2.00. The van der Waals surface area contributed by atoms with Crippen molar-refractivity contribution in [2.75, 3.05) is 0 Å². The molecule has 0 aliphatic heterocycles. The summed E-state index contributed by atoms with van der Waals surface area (Å²) >= 11 is 1.60. The van der Waals surface area contributed by atoms with Crippen molar-refractivity contribution in [2.45, 2.75) is 5.02 Å². The van der Waals surface area contributed by atoms with Gasteiger partial charge in [-0.2, -0.15) is 8.78 Å². The van der Waals surface area contributed by atoms with Gasteiger partial charge in [0.05, 0.1) is 0 Å². The lowest BCUT2D eigenvalue weighted by atomic mass is 11.5. The Labute approximate surface area is 35.7 Å². The Hall–Kier alpha value is 0.300. The van der Waals surface area contributed by atoms with Crippen LogP contribution in [0, 0.1) is 0 Å². The summed E-state index contributed by atoms with van der Waals surface area (Å²) in [6, 6.07) is 0. The van der Waals surface area contributed by atoms with Gasteiger partial charge in [0.25, 0.3) is 0 Å². The Morgan fingerprint density at radius 3 is 1.60 bits per heavy atom. The SMILES string of the molecule is OC(F)(F)Br. The molecule has 0 saturated heterocycles. The molecule has 5 heavy (non-hydrogen) atoms. The van der Waals surface area contributed by atoms with E-state index in [1.54, 1.807) is 15.9 Å². The van der Waals surface area contributed by atoms with Crippen LogP contribution in [0.25, 0.3) is 0 Å². The van der Waals surface area contributed by atoms with E-state index in [9.17, 15) is 8.78 Å². The van der Waals surface area contributed by atoms with E-state index in [-0.39, 0.29) is 0 Å². The Bertz CT molecular complexity index is 25.1. The summed E-state index contributed by atoms with van der Waals surface area (Å²) in [5.41, 5.74) is 0. The maximum Gasteiger partial charge on any atom is 0.412 e. The van der Waals surface area contributed by atoms with Crippen molar-refractivity contribution >= 4 is 15.9 Å². The average molecular weight is 147 g/mol. The van der Waals surface area contributed by atoms with Crippen LogP contribution in [0.2, 0.25) is 0 Å². The molecule has 0 amide bonds. The third-order valence-electron chi connectivity index (χ3n) is 0. The van der Waals surface area contributed by atoms with E-state index in [0.29, 0.717) is 0 Å². The summed E-state index contributed by atoms with van der Waals surface area (Å²) in [6.07, 6.45) is 0. The molecule has 32 valence electrons. The van der Waals surface area contributed by atoms with Crippen LogP contribution in [0.5, 0.6) is 0 Å². The van der Waals surface area contributed by atoms with Gasteiger partial charge in [-0.15, -0.1) is 0 Å². The van der Waals surface area contributed by atoms with E-state index in [1.807, 2.05) is 0 Å². The third-order valence-corrected chi connectivity index (χ3v) is 0. The van der Waals surface area contributed by atoms with Crippen LogP contribution >= 0.6 is 15.9 Å². The maximum atomic E-state index is 10.5. The number of rotatable bonds is 0. The lowest BCUT2D eigenvalue weighted by Crippen LogP contribution is -1.98. The van der Waals surface area contributed by atoms with Crippen LogP contribution < -0.4 is 0 Å². The molecular weight excluding hydrogens is 146 g/mol. The first kappa shape index (κ1) is 5.30. The van der Waals surface area contributed by atoms with E-state index in [1.165, 1.54) is 0 Å². The zero-order valence-corrected chi connectivity index (χ0v) is 3.67. The summed E-state index contributed by atoms with van der Waals surface area (Å²) in [6.45, 7) is 0. The molecule has 0 aliphatic rings. The van der Waals surface area contributed by atoms with Gasteiger partial charge in [-0.1, -0.05) is 0 Å². The molecule has 0 radical (unpaired) electrons. The van der Waals surface area contributed by atoms with Gasteiger partial charge in [-0.05, 0) is 0 Å². The second kappa shape index (κ2) is 1.18. The van der Waals surface area contributed by atoms with Gasteiger partial charge in [0.2, 0.25) is 0 Å². The molecule has 4 heteroatoms. The Balaban J connectivity index is 3.02. The molecule has 0 aliphatic carbocycles. The number of hydrogen-bond acceptors (Lipinski definition) is 1. The second-order valence-electron chi connectivity index (χ2n) is 0.468. The van der Waals surface area contributed by atoms with Crippen LogP contribution in [0.4, 0.5) is 8.78 Å². The van der Waals surface area contributed by atoms with Crippen molar-refractivity contribution in [1.82, 2.24) is 0 Å². The van der Waals surface area contributed by atoms with E-state index in [4.69, 9.17) is 5.11 Å². The van der Waals surface area contributed by atoms with Gasteiger partial charge >= 0.3 is 5.02 Å². The fourth-order valence-corrected chi connectivity index (χ4v) is 0. The molecule has 0 rings (SSSR count). The van der Waals surface area contributed by atoms with E-state index < -0.39 is 5.02 Å². The van der Waals surface area contributed by atoms with Crippen molar-refractivity contribution in [2.24, 2.45) is 0 Å². The molecule has 0 fully saturated rings. The third kappa shape index (κ3) is 253. The lowest BCUT2D eigenvalue weighted by Gasteiger charge is -1.90. The molecule has 0 unspecified atom stereocenters. The fraction of sp³-hybridized carbons (Fsp3) is 1.00. The van der Waals surface area contributed by atoms with Crippen LogP contribution in [0.3, 0.4) is 0 Å². The minimum absolute atomic E-state index is 1.60. The minimum Gasteiger partial charge on any atom is -0.327 e. The normalized spacial score (nSPS) is 12.0. The lowest BCUT2D eigenvalue weighted by molar-refractivity contribution is -0.103. The summed E-state index contributed by atoms with van der Waals surface area (Å²) in [4.78, 5) is 0. The summed E-state index contributed by atoms with van der Waals surface area (Å²) in [5.74, 6) is 0. The smallest absolute Gasteiger partial charge is 0.327 e. The summed E-state index contributed by atoms with van der Waals surface area (Å²) in [7, 11) is 0. The molecule has 1 N–H and O–H groups in total. The van der Waals surface area contributed by atoms with Crippen LogP contribution in [-0.2, 0) is 0 Å². The number of alkyl halides is 3. The van der Waals surface area contributed by atoms with Gasteiger partial charge in [0.15, 0.2) is 0 Å². The highest BCUT2D eigenvalue weighted by Crippen LogP contribution is 2.14. The van der Waals surface area contributed by atoms with Crippen molar-refractivity contribution in [3.8, 4) is 0 Å². The Morgan fingerprint density at radius 2 is 1.60 bits per heavy atom. The minimum atomic E-state index is -3.69. The Kier molecular flexibility index (Phi) is 1.25. The van der Waals surface area contributed by atoms with Crippen LogP contribution in [0.1, 0.15) is 0 Å². The monoisotopic (exact) mass is 146 g/mol. The van der Waals surface area contributed by atoms with Crippen molar-refractivity contribution in [3.05, 3.63) is 0 Å². The fourth-order valence-electron chi connectivity index (χ4n) is 0. The molecule has 0 spiro atoms. The number of hydrogen-bond donors (Lipinski definition) is 1. The largest absolute Gasteiger partial charge is 0.412 e. The first-order valence-electron chi connectivity index (χ1n) is 0.791. The van der Waals surface area contributed by atoms with E-state index in [2.05, 4.69) is 0 Å². The summed E-state index contributed by atoms with van der Waals surface area (Å²) in [5, 5.41) is 3.42. The Morgan fingerprint density at radius 1 is 1.60 bits per heavy atom. The highest BCUT2D eigenvalue weighted by molar-refractivity contribution is 9.09. The van der Waals surface area contributed by atoms with Crippen LogP contribution in [-0.4, -0.2) is 10.1 Å². The highest BCUT2D eigenvalue weighted by Gasteiger charge is 2.15. The molecule has 0 saturated carbocycles.